The van der Waals surface area contributed by atoms with Crippen LogP contribution in [0.1, 0.15) is 5.69 Å². The molecule has 1 aliphatic rings. The molecule has 0 aliphatic carbocycles. The minimum absolute atomic E-state index is 0. The van der Waals surface area contributed by atoms with E-state index < -0.39 is 58.5 Å². The van der Waals surface area contributed by atoms with Gasteiger partial charge in [0.2, 0.25) is 6.61 Å². The molecule has 2 heterocycles. The van der Waals surface area contributed by atoms with E-state index >= 15 is 0 Å². The van der Waals surface area contributed by atoms with Gasteiger partial charge in [-0.1, -0.05) is 5.16 Å². The van der Waals surface area contributed by atoms with Crippen LogP contribution < -0.4 is 11.1 Å². The zero-order valence-electron chi connectivity index (χ0n) is 14.3. The standard InChI is InChI=1S/C12H13N5O10S2.Na.H/c1-26-11(22)8-7(10(21)17(8)29(23,24)25)15-9(20)6(16-27-2-5(18)19)4-3-28-12(13)14-4;;/h3,7-8H,2H2,1H3,(H2,13,14)(H,15,20)(H,18,19)(H,23,24,25);;. The molecule has 0 bridgehead atoms. The molecule has 2 atom stereocenters. The number of β-lactam (4-membered cyclic amide) rings is 1. The zero-order chi connectivity index (χ0) is 21.9. The van der Waals surface area contributed by atoms with Crippen LogP contribution in [-0.4, -0.2) is 112 Å². The van der Waals surface area contributed by atoms with Crippen LogP contribution in [0, 0.1) is 0 Å². The van der Waals surface area contributed by atoms with Gasteiger partial charge in [-0.2, -0.15) is 12.7 Å². The van der Waals surface area contributed by atoms with E-state index in [4.69, 9.17) is 15.4 Å². The number of oxime groups is 1. The summed E-state index contributed by atoms with van der Waals surface area (Å²) in [5, 5.41) is 15.3. The number of nitrogens with one attached hydrogen (secondary N) is 1. The average molecular weight is 475 g/mol. The first-order valence-corrected chi connectivity index (χ1v) is 9.57. The van der Waals surface area contributed by atoms with Gasteiger partial charge in [-0.05, 0) is 0 Å². The molecule has 30 heavy (non-hydrogen) atoms. The van der Waals surface area contributed by atoms with E-state index in [1.54, 1.807) is 0 Å². The summed E-state index contributed by atoms with van der Waals surface area (Å²) in [4.78, 5) is 55.1. The third-order valence-corrected chi connectivity index (χ3v) is 4.93. The molecule has 0 aromatic carbocycles. The second kappa shape index (κ2) is 10.1. The number of carboxylic acid groups (broad SMARTS) is 1. The monoisotopic (exact) mass is 475 g/mol. The van der Waals surface area contributed by atoms with Crippen molar-refractivity contribution in [1.82, 2.24) is 14.6 Å². The van der Waals surface area contributed by atoms with Gasteiger partial charge in [0.1, 0.15) is 11.7 Å². The van der Waals surface area contributed by atoms with Crippen LogP contribution in [0.25, 0.3) is 0 Å². The number of aliphatic carboxylic acids is 1. The molecular weight excluding hydrogens is 461 g/mol. The van der Waals surface area contributed by atoms with Crippen molar-refractivity contribution in [3.63, 3.8) is 0 Å². The quantitative estimate of drug-likeness (QED) is 0.0718. The summed E-state index contributed by atoms with van der Waals surface area (Å²) in [6.45, 7) is -0.903. The van der Waals surface area contributed by atoms with E-state index in [0.29, 0.717) is 0 Å². The second-order valence-electron chi connectivity index (χ2n) is 5.21. The number of carbonyl (C=O) groups excluding carboxylic acids is 3. The van der Waals surface area contributed by atoms with E-state index in [0.717, 1.165) is 18.4 Å². The summed E-state index contributed by atoms with van der Waals surface area (Å²) in [7, 11) is -4.20. The Hall–Kier alpha value is -2.31. The number of carboxylic acids is 1. The fourth-order valence-electron chi connectivity index (χ4n) is 2.18. The van der Waals surface area contributed by atoms with Crippen LogP contribution in [0.5, 0.6) is 0 Å². The summed E-state index contributed by atoms with van der Waals surface area (Å²) in [5.74, 6) is -5.11. The van der Waals surface area contributed by atoms with Crippen molar-refractivity contribution in [2.45, 2.75) is 12.1 Å². The Bertz CT molecular complexity index is 993. The first-order chi connectivity index (χ1) is 13.5. The molecule has 2 rings (SSSR count). The number of rotatable bonds is 8. The van der Waals surface area contributed by atoms with Gasteiger partial charge in [0.15, 0.2) is 16.9 Å². The SMILES string of the molecule is COC(=O)C1C(NC(=O)C(=NOCC(=O)O)c2csc(N)n2)C(=O)N1S(=O)(=O)O.[NaH]. The van der Waals surface area contributed by atoms with Gasteiger partial charge in [-0.25, -0.2) is 14.6 Å². The van der Waals surface area contributed by atoms with Gasteiger partial charge >= 0.3 is 51.8 Å². The fraction of sp³-hybridized carbons (Fsp3) is 0.333. The summed E-state index contributed by atoms with van der Waals surface area (Å²) >= 11 is 0.914. The Morgan fingerprint density at radius 3 is 2.53 bits per heavy atom. The van der Waals surface area contributed by atoms with Crippen molar-refractivity contribution >= 4 is 85.8 Å². The van der Waals surface area contributed by atoms with Crippen LogP contribution in [0.4, 0.5) is 5.13 Å². The Morgan fingerprint density at radius 2 is 2.07 bits per heavy atom. The number of thiazole rings is 1. The van der Waals surface area contributed by atoms with Gasteiger partial charge < -0.3 is 25.7 Å². The Labute approximate surface area is 194 Å². The van der Waals surface area contributed by atoms with Gasteiger partial charge in [-0.3, -0.25) is 14.1 Å². The third-order valence-electron chi connectivity index (χ3n) is 3.35. The summed E-state index contributed by atoms with van der Waals surface area (Å²) in [5.41, 5.74) is 4.74. The Kier molecular flexibility index (Phi) is 8.69. The van der Waals surface area contributed by atoms with Gasteiger partial charge in [0, 0.05) is 5.38 Å². The van der Waals surface area contributed by atoms with E-state index in [1.165, 1.54) is 5.38 Å². The van der Waals surface area contributed by atoms with E-state index in [2.05, 4.69) is 19.7 Å². The molecular formula is C12H14N5NaO10S2. The van der Waals surface area contributed by atoms with Crippen molar-refractivity contribution in [2.75, 3.05) is 19.5 Å². The minimum atomic E-state index is -5.10. The fourth-order valence-corrected chi connectivity index (χ4v) is 3.56. The van der Waals surface area contributed by atoms with Crippen LogP contribution in [-0.2, 0) is 39.1 Å². The summed E-state index contributed by atoms with van der Waals surface area (Å²) in [6.07, 6.45) is 0. The molecule has 15 nitrogen and oxygen atoms in total. The number of carbonyl (C=O) groups is 4. The van der Waals surface area contributed by atoms with Gasteiger partial charge in [0.05, 0.1) is 7.11 Å². The predicted molar refractivity (Wildman–Crippen MR) is 99.9 cm³/mol. The number of ether oxygens (including phenoxy) is 1. The molecule has 5 N–H and O–H groups in total. The molecule has 1 aromatic rings. The van der Waals surface area contributed by atoms with Crippen molar-refractivity contribution in [3.05, 3.63) is 11.1 Å². The van der Waals surface area contributed by atoms with Crippen LogP contribution >= 0.6 is 11.3 Å². The Morgan fingerprint density at radius 1 is 1.43 bits per heavy atom. The number of nitrogens with zero attached hydrogens (tertiary/aromatic N) is 3. The number of esters is 1. The molecule has 1 aliphatic heterocycles. The van der Waals surface area contributed by atoms with Crippen LogP contribution in [0.15, 0.2) is 10.5 Å². The number of hydrogen-bond acceptors (Lipinski definition) is 12. The number of nitrogens with two attached hydrogens (primary N) is 1. The number of nitrogen functional groups attached to an aromatic ring is 1. The van der Waals surface area contributed by atoms with Crippen LogP contribution in [0.3, 0.4) is 0 Å². The Balaban J connectivity index is 0.00000450. The van der Waals surface area contributed by atoms with E-state index in [-0.39, 0.29) is 44.7 Å². The summed E-state index contributed by atoms with van der Waals surface area (Å²) < 4.78 is 35.8. The first kappa shape index (κ1) is 25.7. The molecule has 18 heteroatoms. The maximum absolute atomic E-state index is 12.5. The van der Waals surface area contributed by atoms with Crippen molar-refractivity contribution in [1.29, 1.82) is 0 Å². The number of amides is 2. The zero-order valence-corrected chi connectivity index (χ0v) is 16.0. The first-order valence-electron chi connectivity index (χ1n) is 7.29. The molecule has 1 fully saturated rings. The topological polar surface area (TPSA) is 228 Å². The number of anilines is 1. The molecule has 0 radical (unpaired) electrons. The molecule has 2 amide bonds. The molecule has 0 spiro atoms. The van der Waals surface area contributed by atoms with Crippen molar-refractivity contribution in [2.24, 2.45) is 5.16 Å². The molecule has 1 saturated heterocycles. The normalized spacial score (nSPS) is 18.7. The predicted octanol–water partition coefficient (Wildman–Crippen LogP) is -3.45. The number of methoxy groups -OCH3 is 1. The van der Waals surface area contributed by atoms with Crippen molar-refractivity contribution in [3.8, 4) is 0 Å². The second-order valence-corrected chi connectivity index (χ2v) is 7.39. The average Bonchev–Trinajstić information content (AvgIpc) is 3.04. The molecule has 0 saturated carbocycles. The van der Waals surface area contributed by atoms with Gasteiger partial charge in [-0.15, -0.1) is 11.3 Å². The van der Waals surface area contributed by atoms with E-state index in [9.17, 15) is 27.6 Å². The van der Waals surface area contributed by atoms with E-state index in [1.807, 2.05) is 5.32 Å². The van der Waals surface area contributed by atoms with Gasteiger partial charge in [0.25, 0.3) is 11.8 Å². The maximum atomic E-state index is 12.5. The molecule has 160 valence electrons. The summed E-state index contributed by atoms with van der Waals surface area (Å²) in [6, 6.07) is -3.59. The molecule has 1 aromatic heterocycles. The van der Waals surface area contributed by atoms with Crippen molar-refractivity contribution < 1.29 is 46.8 Å². The van der Waals surface area contributed by atoms with Crippen LogP contribution in [0.2, 0.25) is 0 Å². The number of hydrogen-bond donors (Lipinski definition) is 4. The third kappa shape index (κ3) is 5.64. The number of aromatic nitrogens is 1. The molecule has 2 unspecified atom stereocenters.